The van der Waals surface area contributed by atoms with E-state index in [1.165, 1.54) is 0 Å². The molecule has 0 rings (SSSR count). The smallest absolute Gasteiger partial charge is 0.355 e. The van der Waals surface area contributed by atoms with Gasteiger partial charge in [-0.1, -0.05) is 13.3 Å². The first-order valence-corrected chi connectivity index (χ1v) is 6.30. The molecule has 0 fully saturated rings. The molecule has 0 aromatic rings. The van der Waals surface area contributed by atoms with Gasteiger partial charge in [-0.2, -0.15) is 10.5 Å². The van der Waals surface area contributed by atoms with Crippen molar-refractivity contribution in [3.63, 3.8) is 0 Å². The maximum absolute atomic E-state index is 14.5. The lowest BCUT2D eigenvalue weighted by Crippen LogP contribution is -2.45. The molecule has 7 heteroatoms. The van der Waals surface area contributed by atoms with Crippen molar-refractivity contribution in [3.05, 3.63) is 0 Å². The van der Waals surface area contributed by atoms with Crippen LogP contribution >= 0.6 is 0 Å². The Morgan fingerprint density at radius 3 is 1.90 bits per heavy atom. The number of alkyl halides is 1. The molecule has 0 amide bonds. The van der Waals surface area contributed by atoms with E-state index in [1.54, 1.807) is 19.1 Å². The summed E-state index contributed by atoms with van der Waals surface area (Å²) in [6, 6.07) is 3.47. The van der Waals surface area contributed by atoms with Crippen LogP contribution in [0.3, 0.4) is 0 Å². The molecule has 0 atom stereocenters. The molecule has 0 bridgehead atoms. The van der Waals surface area contributed by atoms with Gasteiger partial charge in [-0.3, -0.25) is 0 Å². The van der Waals surface area contributed by atoms with Crippen LogP contribution in [0.2, 0.25) is 0 Å². The largest absolute Gasteiger partial charge is 0.462 e. The summed E-state index contributed by atoms with van der Waals surface area (Å²) in [4.78, 5) is 23.3. The van der Waals surface area contributed by atoms with E-state index in [1.807, 2.05) is 0 Å². The summed E-state index contributed by atoms with van der Waals surface area (Å²) in [5.74, 6) is -2.69. The number of carbonyl (C=O) groups is 2. The van der Waals surface area contributed by atoms with Crippen LogP contribution in [-0.2, 0) is 19.1 Å². The molecule has 110 valence electrons. The van der Waals surface area contributed by atoms with Gasteiger partial charge in [0.05, 0.1) is 25.0 Å². The molecular formula is C13H17FN2O4. The predicted molar refractivity (Wildman–Crippen MR) is 65.7 cm³/mol. The van der Waals surface area contributed by atoms with Gasteiger partial charge >= 0.3 is 17.6 Å². The number of ether oxygens (including phenoxy) is 2. The molecule has 0 aromatic heterocycles. The fourth-order valence-corrected chi connectivity index (χ4v) is 1.32. The molecule has 0 aliphatic rings. The molecule has 0 aromatic carbocycles. The minimum Gasteiger partial charge on any atom is -0.462 e. The van der Waals surface area contributed by atoms with E-state index >= 15 is 0 Å². The number of rotatable bonds is 9. The lowest BCUT2D eigenvalue weighted by molar-refractivity contribution is -0.175. The van der Waals surface area contributed by atoms with E-state index in [-0.39, 0.29) is 32.5 Å². The van der Waals surface area contributed by atoms with Gasteiger partial charge in [0, 0.05) is 6.42 Å². The molecule has 0 aliphatic carbocycles. The van der Waals surface area contributed by atoms with Crippen LogP contribution in [0.1, 0.15) is 39.0 Å². The molecule has 0 saturated heterocycles. The van der Waals surface area contributed by atoms with Crippen LogP contribution < -0.4 is 0 Å². The fraction of sp³-hybridized carbons (Fsp3) is 0.692. The van der Waals surface area contributed by atoms with Gasteiger partial charge in [0.15, 0.2) is 0 Å². The van der Waals surface area contributed by atoms with Gasteiger partial charge in [-0.15, -0.1) is 0 Å². The van der Waals surface area contributed by atoms with Crippen LogP contribution in [0.25, 0.3) is 0 Å². The normalized spacial score (nSPS) is 10.2. The highest BCUT2D eigenvalue weighted by Crippen LogP contribution is 2.24. The third-order valence-corrected chi connectivity index (χ3v) is 2.42. The molecule has 20 heavy (non-hydrogen) atoms. The summed E-state index contributed by atoms with van der Waals surface area (Å²) < 4.78 is 23.6. The Morgan fingerprint density at radius 2 is 1.55 bits per heavy atom. The van der Waals surface area contributed by atoms with Gasteiger partial charge in [-0.05, 0) is 6.42 Å². The molecule has 0 radical (unpaired) electrons. The number of esters is 2. The zero-order chi connectivity index (χ0) is 15.4. The van der Waals surface area contributed by atoms with Gasteiger partial charge < -0.3 is 9.47 Å². The van der Waals surface area contributed by atoms with Crippen molar-refractivity contribution in [2.45, 2.75) is 44.7 Å². The molecule has 0 saturated carbocycles. The Labute approximate surface area is 117 Å². The standard InChI is InChI=1S/C13H17FN2O4/c1-2-3-6-13(14,11(17)19-9-4-7-15)12(18)20-10-5-8-16/h2-6,9-10H2,1H3. The van der Waals surface area contributed by atoms with Crippen LogP contribution in [0, 0.1) is 22.7 Å². The Morgan fingerprint density at radius 1 is 1.10 bits per heavy atom. The van der Waals surface area contributed by atoms with E-state index in [0.717, 1.165) is 0 Å². The Balaban J connectivity index is 4.71. The van der Waals surface area contributed by atoms with Gasteiger partial charge in [0.25, 0.3) is 0 Å². The van der Waals surface area contributed by atoms with E-state index in [9.17, 15) is 14.0 Å². The van der Waals surface area contributed by atoms with Crippen molar-refractivity contribution in [2.24, 2.45) is 0 Å². The quantitative estimate of drug-likeness (QED) is 0.363. The highest BCUT2D eigenvalue weighted by Gasteiger charge is 2.49. The Bertz CT molecular complexity index is 380. The maximum atomic E-state index is 14.5. The van der Waals surface area contributed by atoms with E-state index in [4.69, 9.17) is 10.5 Å². The summed E-state index contributed by atoms with van der Waals surface area (Å²) in [5.41, 5.74) is -2.87. The second kappa shape index (κ2) is 9.74. The zero-order valence-corrected chi connectivity index (χ0v) is 11.4. The lowest BCUT2D eigenvalue weighted by atomic mass is 9.99. The van der Waals surface area contributed by atoms with Crippen molar-refractivity contribution >= 4 is 11.9 Å². The predicted octanol–water partition coefficient (Wildman–Crippen LogP) is 1.80. The number of halogens is 1. The van der Waals surface area contributed by atoms with Crippen molar-refractivity contribution in [2.75, 3.05) is 13.2 Å². The summed E-state index contributed by atoms with van der Waals surface area (Å²) in [6.07, 6.45) is 0.373. The third-order valence-electron chi connectivity index (χ3n) is 2.42. The maximum Gasteiger partial charge on any atom is 0.355 e. The average Bonchev–Trinajstić information content (AvgIpc) is 2.44. The monoisotopic (exact) mass is 284 g/mol. The highest BCUT2D eigenvalue weighted by molar-refractivity contribution is 6.03. The van der Waals surface area contributed by atoms with E-state index in [0.29, 0.717) is 12.8 Å². The molecule has 0 spiro atoms. The fourth-order valence-electron chi connectivity index (χ4n) is 1.32. The molecule has 0 N–H and O–H groups in total. The summed E-state index contributed by atoms with van der Waals surface area (Å²) >= 11 is 0. The number of unbranched alkanes of at least 4 members (excludes halogenated alkanes) is 1. The SMILES string of the molecule is CCCCC(F)(C(=O)OCCC#N)C(=O)OCCC#N. The lowest BCUT2D eigenvalue weighted by Gasteiger charge is -2.21. The van der Waals surface area contributed by atoms with Crippen LogP contribution in [0.15, 0.2) is 0 Å². The van der Waals surface area contributed by atoms with Crippen molar-refractivity contribution in [1.29, 1.82) is 10.5 Å². The van der Waals surface area contributed by atoms with Crippen molar-refractivity contribution in [1.82, 2.24) is 0 Å². The molecule has 0 aliphatic heterocycles. The molecule has 0 unspecified atom stereocenters. The number of hydrogen-bond acceptors (Lipinski definition) is 6. The number of nitrogens with zero attached hydrogens (tertiary/aromatic N) is 2. The average molecular weight is 284 g/mol. The van der Waals surface area contributed by atoms with Crippen LogP contribution in [0.5, 0.6) is 0 Å². The number of carbonyl (C=O) groups excluding carboxylic acids is 2. The minimum atomic E-state index is -2.87. The van der Waals surface area contributed by atoms with E-state index in [2.05, 4.69) is 9.47 Å². The highest BCUT2D eigenvalue weighted by atomic mass is 19.1. The summed E-state index contributed by atoms with van der Waals surface area (Å²) in [7, 11) is 0. The minimum absolute atomic E-state index is 0.0842. The van der Waals surface area contributed by atoms with E-state index < -0.39 is 17.6 Å². The first kappa shape index (κ1) is 17.8. The Hall–Kier alpha value is -2.15. The summed E-state index contributed by atoms with van der Waals surface area (Å²) in [5, 5.41) is 16.6. The molecular weight excluding hydrogens is 267 g/mol. The molecule has 0 heterocycles. The van der Waals surface area contributed by atoms with Gasteiger partial charge in [0.2, 0.25) is 0 Å². The first-order chi connectivity index (χ1) is 9.52. The summed E-state index contributed by atoms with van der Waals surface area (Å²) in [6.45, 7) is 1.22. The zero-order valence-electron chi connectivity index (χ0n) is 11.4. The number of hydrogen-bond donors (Lipinski definition) is 0. The van der Waals surface area contributed by atoms with Crippen molar-refractivity contribution < 1.29 is 23.5 Å². The van der Waals surface area contributed by atoms with Crippen LogP contribution in [-0.4, -0.2) is 30.8 Å². The first-order valence-electron chi connectivity index (χ1n) is 6.30. The second-order valence-electron chi connectivity index (χ2n) is 3.99. The molecule has 6 nitrogen and oxygen atoms in total. The second-order valence-corrected chi connectivity index (χ2v) is 3.99. The number of nitriles is 2. The van der Waals surface area contributed by atoms with Crippen molar-refractivity contribution in [3.8, 4) is 12.1 Å². The van der Waals surface area contributed by atoms with Gasteiger partial charge in [-0.25, -0.2) is 14.0 Å². The Kier molecular flexibility index (Phi) is 8.69. The van der Waals surface area contributed by atoms with Gasteiger partial charge in [0.1, 0.15) is 13.2 Å². The van der Waals surface area contributed by atoms with Crippen LogP contribution in [0.4, 0.5) is 4.39 Å². The topological polar surface area (TPSA) is 100 Å². The third kappa shape index (κ3) is 5.66.